The minimum absolute atomic E-state index is 0.221. The lowest BCUT2D eigenvalue weighted by Gasteiger charge is -2.23. The molecule has 1 heterocycles. The van der Waals surface area contributed by atoms with Crippen LogP contribution in [0.4, 0.5) is 4.39 Å². The van der Waals surface area contributed by atoms with Gasteiger partial charge in [0.25, 0.3) is 0 Å². The van der Waals surface area contributed by atoms with Crippen LogP contribution in [0.25, 0.3) is 0 Å². The SMILES string of the molecule is Cn1nccc1C(C)(O)Cc1ccccc1F. The molecule has 2 aromatic rings. The molecule has 1 aromatic carbocycles. The lowest BCUT2D eigenvalue weighted by Crippen LogP contribution is -2.27. The summed E-state index contributed by atoms with van der Waals surface area (Å²) in [5.74, 6) is -0.296. The van der Waals surface area contributed by atoms with E-state index in [9.17, 15) is 9.50 Å². The number of hydrogen-bond acceptors (Lipinski definition) is 2. The van der Waals surface area contributed by atoms with Gasteiger partial charge in [-0.3, -0.25) is 4.68 Å². The molecule has 0 radical (unpaired) electrons. The van der Waals surface area contributed by atoms with E-state index in [0.29, 0.717) is 11.3 Å². The van der Waals surface area contributed by atoms with Gasteiger partial charge in [-0.05, 0) is 24.6 Å². The highest BCUT2D eigenvalue weighted by Gasteiger charge is 2.27. The molecule has 1 aromatic heterocycles. The molecule has 0 saturated heterocycles. The Morgan fingerprint density at radius 1 is 1.35 bits per heavy atom. The maximum Gasteiger partial charge on any atom is 0.126 e. The number of halogens is 1. The van der Waals surface area contributed by atoms with Gasteiger partial charge >= 0.3 is 0 Å². The highest BCUT2D eigenvalue weighted by Crippen LogP contribution is 2.25. The van der Waals surface area contributed by atoms with E-state index in [1.165, 1.54) is 6.07 Å². The molecular weight excluding hydrogens is 219 g/mol. The molecule has 0 aliphatic rings. The lowest BCUT2D eigenvalue weighted by molar-refractivity contribution is 0.0481. The normalized spacial score (nSPS) is 14.6. The first-order valence-electron chi connectivity index (χ1n) is 5.45. The van der Waals surface area contributed by atoms with Crippen molar-refractivity contribution in [3.8, 4) is 0 Å². The third kappa shape index (κ3) is 2.36. The second-order valence-corrected chi connectivity index (χ2v) is 4.38. The zero-order valence-corrected chi connectivity index (χ0v) is 9.89. The van der Waals surface area contributed by atoms with Gasteiger partial charge in [0.05, 0.1) is 5.69 Å². The fraction of sp³-hybridized carbons (Fsp3) is 0.308. The molecule has 0 fully saturated rings. The molecule has 0 aliphatic carbocycles. The van der Waals surface area contributed by atoms with Gasteiger partial charge in [0.2, 0.25) is 0 Å². The van der Waals surface area contributed by atoms with Gasteiger partial charge in [-0.1, -0.05) is 18.2 Å². The summed E-state index contributed by atoms with van der Waals surface area (Å²) in [6.07, 6.45) is 1.84. The second kappa shape index (κ2) is 4.30. The zero-order valence-electron chi connectivity index (χ0n) is 9.89. The minimum atomic E-state index is -1.13. The van der Waals surface area contributed by atoms with Crippen molar-refractivity contribution < 1.29 is 9.50 Å². The maximum atomic E-state index is 13.5. The molecule has 0 aliphatic heterocycles. The molecule has 0 bridgehead atoms. The number of hydrogen-bond donors (Lipinski definition) is 1. The molecule has 1 atom stereocenters. The van der Waals surface area contributed by atoms with Crippen LogP contribution in [0.1, 0.15) is 18.2 Å². The largest absolute Gasteiger partial charge is 0.384 e. The molecule has 0 spiro atoms. The molecule has 4 heteroatoms. The van der Waals surface area contributed by atoms with Crippen molar-refractivity contribution in [1.29, 1.82) is 0 Å². The molecule has 17 heavy (non-hydrogen) atoms. The van der Waals surface area contributed by atoms with Crippen LogP contribution in [0.2, 0.25) is 0 Å². The Morgan fingerprint density at radius 3 is 2.65 bits per heavy atom. The van der Waals surface area contributed by atoms with Gasteiger partial charge in [-0.25, -0.2) is 4.39 Å². The molecule has 3 nitrogen and oxygen atoms in total. The molecule has 0 saturated carbocycles. The lowest BCUT2D eigenvalue weighted by atomic mass is 9.93. The average molecular weight is 234 g/mol. The predicted molar refractivity (Wildman–Crippen MR) is 62.9 cm³/mol. The number of aryl methyl sites for hydroxylation is 1. The second-order valence-electron chi connectivity index (χ2n) is 4.38. The van der Waals surface area contributed by atoms with Crippen LogP contribution in [0.5, 0.6) is 0 Å². The van der Waals surface area contributed by atoms with Crippen molar-refractivity contribution >= 4 is 0 Å². The molecule has 1 unspecified atom stereocenters. The summed E-state index contributed by atoms with van der Waals surface area (Å²) < 4.78 is 15.1. The average Bonchev–Trinajstić information content (AvgIpc) is 2.68. The van der Waals surface area contributed by atoms with E-state index in [-0.39, 0.29) is 12.2 Å². The predicted octanol–water partition coefficient (Wildman–Crippen LogP) is 2.01. The van der Waals surface area contributed by atoms with Gasteiger partial charge in [-0.2, -0.15) is 5.10 Å². The fourth-order valence-electron chi connectivity index (χ4n) is 2.01. The van der Waals surface area contributed by atoms with Crippen LogP contribution < -0.4 is 0 Å². The minimum Gasteiger partial charge on any atom is -0.384 e. The van der Waals surface area contributed by atoms with Crippen LogP contribution in [0.15, 0.2) is 36.5 Å². The van der Waals surface area contributed by atoms with E-state index < -0.39 is 5.60 Å². The van der Waals surface area contributed by atoms with Crippen molar-refractivity contribution in [2.45, 2.75) is 18.9 Å². The number of rotatable bonds is 3. The first-order chi connectivity index (χ1) is 8.00. The van der Waals surface area contributed by atoms with Crippen LogP contribution in [-0.2, 0) is 19.1 Å². The third-order valence-electron chi connectivity index (χ3n) is 2.87. The number of nitrogens with zero attached hydrogens (tertiary/aromatic N) is 2. The quantitative estimate of drug-likeness (QED) is 0.882. The summed E-state index contributed by atoms with van der Waals surface area (Å²) in [6.45, 7) is 1.66. The number of benzene rings is 1. The summed E-state index contributed by atoms with van der Waals surface area (Å²) in [7, 11) is 1.76. The Hall–Kier alpha value is -1.68. The number of aliphatic hydroxyl groups is 1. The first-order valence-corrected chi connectivity index (χ1v) is 5.45. The van der Waals surface area contributed by atoms with Crippen molar-refractivity contribution in [1.82, 2.24) is 9.78 Å². The molecule has 1 N–H and O–H groups in total. The summed E-state index contributed by atoms with van der Waals surface area (Å²) in [5.41, 5.74) is 0.0347. The van der Waals surface area contributed by atoms with Crippen LogP contribution in [0, 0.1) is 5.82 Å². The third-order valence-corrected chi connectivity index (χ3v) is 2.87. The van der Waals surface area contributed by atoms with E-state index in [2.05, 4.69) is 5.10 Å². The van der Waals surface area contributed by atoms with Crippen molar-refractivity contribution in [2.75, 3.05) is 0 Å². The van der Waals surface area contributed by atoms with Gasteiger partial charge in [0.15, 0.2) is 0 Å². The van der Waals surface area contributed by atoms with Gasteiger partial charge in [0.1, 0.15) is 11.4 Å². The Bertz CT molecular complexity index is 520. The number of aromatic nitrogens is 2. The summed E-state index contributed by atoms with van der Waals surface area (Å²) in [4.78, 5) is 0. The summed E-state index contributed by atoms with van der Waals surface area (Å²) >= 11 is 0. The Balaban J connectivity index is 2.30. The van der Waals surface area contributed by atoms with Crippen molar-refractivity contribution in [2.24, 2.45) is 7.05 Å². The standard InChI is InChI=1S/C13H15FN2O/c1-13(17,12-7-8-15-16(12)2)9-10-5-3-4-6-11(10)14/h3-8,17H,9H2,1-2H3. The van der Waals surface area contributed by atoms with E-state index in [4.69, 9.17) is 0 Å². The Labute approximate surface area is 99.5 Å². The molecule has 0 amide bonds. The first kappa shape index (κ1) is 11.8. The summed E-state index contributed by atoms with van der Waals surface area (Å²) in [5, 5.41) is 14.4. The zero-order chi connectivity index (χ0) is 12.5. The Kier molecular flexibility index (Phi) is 2.98. The Morgan fingerprint density at radius 2 is 2.06 bits per heavy atom. The highest BCUT2D eigenvalue weighted by atomic mass is 19.1. The monoisotopic (exact) mass is 234 g/mol. The van der Waals surface area contributed by atoms with Crippen LogP contribution in [-0.4, -0.2) is 14.9 Å². The maximum absolute atomic E-state index is 13.5. The van der Waals surface area contributed by atoms with E-state index in [0.717, 1.165) is 0 Å². The summed E-state index contributed by atoms with van der Waals surface area (Å²) in [6, 6.07) is 8.21. The van der Waals surface area contributed by atoms with E-state index in [1.807, 2.05) is 0 Å². The topological polar surface area (TPSA) is 38.0 Å². The van der Waals surface area contributed by atoms with Crippen molar-refractivity contribution in [3.05, 3.63) is 53.6 Å². The van der Waals surface area contributed by atoms with E-state index in [1.54, 1.807) is 49.1 Å². The van der Waals surface area contributed by atoms with Crippen molar-refractivity contribution in [3.63, 3.8) is 0 Å². The van der Waals surface area contributed by atoms with Crippen LogP contribution >= 0.6 is 0 Å². The van der Waals surface area contributed by atoms with Gasteiger partial charge in [0, 0.05) is 19.7 Å². The smallest absolute Gasteiger partial charge is 0.126 e. The highest BCUT2D eigenvalue weighted by molar-refractivity contribution is 5.22. The molecule has 90 valence electrons. The fourth-order valence-corrected chi connectivity index (χ4v) is 2.01. The molecule has 2 rings (SSSR count). The van der Waals surface area contributed by atoms with Gasteiger partial charge < -0.3 is 5.11 Å². The van der Waals surface area contributed by atoms with Crippen LogP contribution in [0.3, 0.4) is 0 Å². The van der Waals surface area contributed by atoms with Gasteiger partial charge in [-0.15, -0.1) is 0 Å². The van der Waals surface area contributed by atoms with E-state index >= 15 is 0 Å². The molecular formula is C13H15FN2O.